The maximum Gasteiger partial charge on any atom is 0.300 e. The lowest BCUT2D eigenvalue weighted by Crippen LogP contribution is -2.11. The highest BCUT2D eigenvalue weighted by atomic mass is 16.4. The zero-order valence-corrected chi connectivity index (χ0v) is 15.3. The number of hydrogen-bond donors (Lipinski definition) is 10. The summed E-state index contributed by atoms with van der Waals surface area (Å²) in [6.45, 7) is 5.53. The fraction of sp³-hybridized carbons (Fsp3) is 0.600. The summed E-state index contributed by atoms with van der Waals surface area (Å²) in [5.41, 5.74) is 9.81. The van der Waals surface area contributed by atoms with Crippen molar-refractivity contribution in [2.45, 2.75) is 27.7 Å². The quantitative estimate of drug-likeness (QED) is 0.260. The number of hydrogen-bond acceptors (Lipinski definition) is 10. The highest BCUT2D eigenvalue weighted by Crippen LogP contribution is 1.43. The van der Waals surface area contributed by atoms with Gasteiger partial charge in [-0.1, -0.05) is 0 Å². The minimum atomic E-state index is -0.833. The Bertz CT molecular complexity index is 201. The van der Waals surface area contributed by atoms with Gasteiger partial charge in [-0.05, 0) is 0 Å². The van der Waals surface area contributed by atoms with Crippen LogP contribution in [0.4, 0.5) is 0 Å². The number of aliphatic carboxylic acids is 4. The third-order valence-corrected chi connectivity index (χ3v) is 0.167. The summed E-state index contributed by atoms with van der Waals surface area (Å²) in [5, 5.41) is 29.7. The minimum absolute atomic E-state index is 0. The Morgan fingerprint density at radius 3 is 0.600 bits per heavy atom. The van der Waals surface area contributed by atoms with Crippen molar-refractivity contribution in [1.29, 1.82) is 0 Å². The second-order valence-corrected chi connectivity index (χ2v) is 2.65. The smallest absolute Gasteiger partial charge is 0.300 e. The Morgan fingerprint density at radius 1 is 0.560 bits per heavy atom. The van der Waals surface area contributed by atoms with E-state index in [1.165, 1.54) is 0 Å². The van der Waals surface area contributed by atoms with Crippen molar-refractivity contribution in [3.05, 3.63) is 0 Å². The molecule has 0 aromatic carbocycles. The van der Waals surface area contributed by atoms with Crippen LogP contribution in [0.25, 0.3) is 0 Å². The standard InChI is InChI=1S/C2H8N2.4C2H4O2.4H3N.H2O/c3-1-2-4;4*1-2(3)4;;;;;/h1-4H2;4*1H3,(H,3,4);4*1H3;1H2. The Balaban J connectivity index is -0.0000000134. The molecule has 162 valence electrons. The van der Waals surface area contributed by atoms with E-state index in [1.807, 2.05) is 0 Å². The normalized spacial score (nSPS) is 5.20. The van der Waals surface area contributed by atoms with Gasteiger partial charge in [-0.3, -0.25) is 19.2 Å². The van der Waals surface area contributed by atoms with Gasteiger partial charge in [0, 0.05) is 40.8 Å². The van der Waals surface area contributed by atoms with E-state index >= 15 is 0 Å². The Kier molecular flexibility index (Phi) is 181. The van der Waals surface area contributed by atoms with Gasteiger partial charge in [-0.2, -0.15) is 0 Å². The Labute approximate surface area is 147 Å². The maximum atomic E-state index is 9.00. The number of carboxylic acid groups (broad SMARTS) is 4. The number of nitrogens with two attached hydrogens (primary N) is 2. The van der Waals surface area contributed by atoms with Crippen LogP contribution in [-0.2, 0) is 19.2 Å². The first-order valence-electron chi connectivity index (χ1n) is 5.03. The number of carboxylic acids is 4. The molecule has 0 saturated heterocycles. The van der Waals surface area contributed by atoms with Crippen LogP contribution in [0.15, 0.2) is 0 Å². The zero-order chi connectivity index (χ0) is 17.7. The average Bonchev–Trinajstić information content (AvgIpc) is 2.13. The molecular formula is C10H38N6O9. The molecule has 0 aliphatic rings. The summed E-state index contributed by atoms with van der Waals surface area (Å²) in [7, 11) is 0. The van der Waals surface area contributed by atoms with Crippen LogP contribution in [0, 0.1) is 0 Å². The predicted molar refractivity (Wildman–Crippen MR) is 95.1 cm³/mol. The lowest BCUT2D eigenvalue weighted by atomic mass is 10.7. The highest BCUT2D eigenvalue weighted by Gasteiger charge is 1.66. The lowest BCUT2D eigenvalue weighted by molar-refractivity contribution is -0.135. The zero-order valence-electron chi connectivity index (χ0n) is 15.3. The molecule has 0 bridgehead atoms. The molecule has 22 N–H and O–H groups in total. The van der Waals surface area contributed by atoms with E-state index in [9.17, 15) is 0 Å². The SMILES string of the molecule is CC(=O)O.CC(=O)O.CC(=O)O.CC(=O)O.N.N.N.N.NCCN.O. The van der Waals surface area contributed by atoms with Gasteiger partial charge in [0.15, 0.2) is 0 Å². The second-order valence-electron chi connectivity index (χ2n) is 2.65. The summed E-state index contributed by atoms with van der Waals surface area (Å²) in [6.07, 6.45) is 0. The van der Waals surface area contributed by atoms with Crippen LogP contribution >= 0.6 is 0 Å². The largest absolute Gasteiger partial charge is 0.481 e. The molecule has 15 heteroatoms. The van der Waals surface area contributed by atoms with Crippen LogP contribution in [0.1, 0.15) is 27.7 Å². The van der Waals surface area contributed by atoms with Gasteiger partial charge in [0.1, 0.15) is 0 Å². The molecular weight excluding hydrogens is 348 g/mol. The van der Waals surface area contributed by atoms with Gasteiger partial charge in [0.05, 0.1) is 0 Å². The first-order valence-corrected chi connectivity index (χ1v) is 5.03. The molecule has 15 nitrogen and oxygen atoms in total. The van der Waals surface area contributed by atoms with Gasteiger partial charge in [0.25, 0.3) is 23.9 Å². The van der Waals surface area contributed by atoms with Crippen molar-refractivity contribution in [2.24, 2.45) is 11.5 Å². The van der Waals surface area contributed by atoms with Crippen LogP contribution in [-0.4, -0.2) is 62.9 Å². The molecule has 25 heavy (non-hydrogen) atoms. The van der Waals surface area contributed by atoms with Crippen molar-refractivity contribution < 1.29 is 45.1 Å². The fourth-order valence-electron chi connectivity index (χ4n) is 0. The Morgan fingerprint density at radius 2 is 0.600 bits per heavy atom. The highest BCUT2D eigenvalue weighted by molar-refractivity contribution is 5.63. The van der Waals surface area contributed by atoms with E-state index < -0.39 is 23.9 Å². The van der Waals surface area contributed by atoms with Crippen molar-refractivity contribution in [3.63, 3.8) is 0 Å². The van der Waals surface area contributed by atoms with Gasteiger partial charge in [-0.25, -0.2) is 0 Å². The van der Waals surface area contributed by atoms with E-state index in [1.54, 1.807) is 0 Å². The van der Waals surface area contributed by atoms with Crippen molar-refractivity contribution >= 4 is 23.9 Å². The van der Waals surface area contributed by atoms with E-state index in [0.717, 1.165) is 27.7 Å². The van der Waals surface area contributed by atoms with E-state index in [2.05, 4.69) is 0 Å². The Hall–Kier alpha value is -2.40. The third kappa shape index (κ3) is 4230. The molecule has 0 fully saturated rings. The lowest BCUT2D eigenvalue weighted by Gasteiger charge is -1.72. The molecule has 0 aromatic rings. The van der Waals surface area contributed by atoms with Crippen LogP contribution < -0.4 is 36.1 Å². The van der Waals surface area contributed by atoms with Gasteiger partial charge >= 0.3 is 0 Å². The molecule has 0 amide bonds. The van der Waals surface area contributed by atoms with Gasteiger partial charge < -0.3 is 62.0 Å². The molecule has 0 rings (SSSR count). The van der Waals surface area contributed by atoms with E-state index in [4.69, 9.17) is 51.1 Å². The molecule has 0 radical (unpaired) electrons. The van der Waals surface area contributed by atoms with Crippen LogP contribution in [0.5, 0.6) is 0 Å². The molecule has 0 unspecified atom stereocenters. The van der Waals surface area contributed by atoms with Crippen molar-refractivity contribution in [1.82, 2.24) is 24.6 Å². The molecule has 0 atom stereocenters. The topological polar surface area (TPSA) is 373 Å². The first kappa shape index (κ1) is 66.4. The summed E-state index contributed by atoms with van der Waals surface area (Å²) in [5.74, 6) is -3.33. The summed E-state index contributed by atoms with van der Waals surface area (Å²) < 4.78 is 0. The molecule has 0 saturated carbocycles. The third-order valence-electron chi connectivity index (χ3n) is 0.167. The van der Waals surface area contributed by atoms with Gasteiger partial charge in [-0.15, -0.1) is 0 Å². The first-order chi connectivity index (χ1) is 8.84. The van der Waals surface area contributed by atoms with Crippen LogP contribution in [0.3, 0.4) is 0 Å². The fourth-order valence-corrected chi connectivity index (χ4v) is 0. The summed E-state index contributed by atoms with van der Waals surface area (Å²) >= 11 is 0. The average molecular weight is 386 g/mol. The van der Waals surface area contributed by atoms with Crippen molar-refractivity contribution in [3.8, 4) is 0 Å². The summed E-state index contributed by atoms with van der Waals surface area (Å²) in [6, 6.07) is 0. The molecule has 0 aromatic heterocycles. The van der Waals surface area contributed by atoms with Gasteiger partial charge in [0.2, 0.25) is 0 Å². The summed E-state index contributed by atoms with van der Waals surface area (Å²) in [4.78, 5) is 36.0. The van der Waals surface area contributed by atoms with E-state index in [0.29, 0.717) is 13.1 Å². The molecule has 0 heterocycles. The minimum Gasteiger partial charge on any atom is -0.481 e. The van der Waals surface area contributed by atoms with Crippen LogP contribution in [0.2, 0.25) is 0 Å². The second kappa shape index (κ2) is 68.1. The molecule has 0 aliphatic heterocycles. The van der Waals surface area contributed by atoms with E-state index in [-0.39, 0.29) is 30.1 Å². The monoisotopic (exact) mass is 386 g/mol. The van der Waals surface area contributed by atoms with Crippen molar-refractivity contribution in [2.75, 3.05) is 13.1 Å². The maximum absolute atomic E-state index is 9.00. The molecule has 0 aliphatic carbocycles. The molecule has 0 spiro atoms. The predicted octanol–water partition coefficient (Wildman–Crippen LogP) is -0.909. The number of rotatable bonds is 1. The number of carbonyl (C=O) groups is 4.